The summed E-state index contributed by atoms with van der Waals surface area (Å²) < 4.78 is 5.37. The Bertz CT molecular complexity index is 515. The van der Waals surface area contributed by atoms with Crippen LogP contribution in [0.1, 0.15) is 36.0 Å². The summed E-state index contributed by atoms with van der Waals surface area (Å²) in [7, 11) is 2.16. The Morgan fingerprint density at radius 2 is 1.95 bits per heavy atom. The first kappa shape index (κ1) is 12.4. The quantitative estimate of drug-likeness (QED) is 0.847. The zero-order valence-corrected chi connectivity index (χ0v) is 11.2. The highest BCUT2D eigenvalue weighted by molar-refractivity contribution is 5.18. The van der Waals surface area contributed by atoms with E-state index in [1.807, 2.05) is 18.2 Å². The second-order valence-corrected chi connectivity index (χ2v) is 5.29. The smallest absolute Gasteiger partial charge is 0.231 e. The van der Waals surface area contributed by atoms with Gasteiger partial charge in [0.2, 0.25) is 5.89 Å². The van der Waals surface area contributed by atoms with Gasteiger partial charge in [-0.1, -0.05) is 35.5 Å². The predicted octanol–water partition coefficient (Wildman–Crippen LogP) is 2.47. The van der Waals surface area contributed by atoms with Gasteiger partial charge in [0.05, 0.1) is 6.42 Å². The lowest BCUT2D eigenvalue weighted by Gasteiger charge is -2.26. The van der Waals surface area contributed by atoms with Crippen molar-refractivity contribution in [3.8, 4) is 0 Å². The molecule has 2 heterocycles. The molecule has 0 radical (unpaired) electrons. The minimum atomic E-state index is 0.462. The third-order valence-corrected chi connectivity index (χ3v) is 3.77. The van der Waals surface area contributed by atoms with Gasteiger partial charge < -0.3 is 9.42 Å². The highest BCUT2D eigenvalue weighted by Gasteiger charge is 2.22. The summed E-state index contributed by atoms with van der Waals surface area (Å²) in [5.74, 6) is 2.07. The third-order valence-electron chi connectivity index (χ3n) is 3.77. The lowest BCUT2D eigenvalue weighted by atomic mass is 9.96. The minimum Gasteiger partial charge on any atom is -0.339 e. The Balaban J connectivity index is 1.66. The van der Waals surface area contributed by atoms with Gasteiger partial charge in [-0.25, -0.2) is 0 Å². The first-order chi connectivity index (χ1) is 9.31. The molecule has 19 heavy (non-hydrogen) atoms. The van der Waals surface area contributed by atoms with Crippen LogP contribution in [0, 0.1) is 0 Å². The van der Waals surface area contributed by atoms with E-state index in [9.17, 15) is 0 Å². The highest BCUT2D eigenvalue weighted by atomic mass is 16.5. The average Bonchev–Trinajstić information content (AvgIpc) is 2.89. The Labute approximate surface area is 113 Å². The molecule has 4 heteroatoms. The number of nitrogens with zero attached hydrogens (tertiary/aromatic N) is 3. The maximum Gasteiger partial charge on any atom is 0.231 e. The monoisotopic (exact) mass is 257 g/mol. The molecule has 1 aromatic heterocycles. The standard InChI is InChI=1S/C15H19N3O/c1-18-9-7-13(8-10-18)15-16-14(19-17-15)11-12-5-3-2-4-6-12/h2-6,13H,7-11H2,1H3. The van der Waals surface area contributed by atoms with Crippen molar-refractivity contribution in [2.45, 2.75) is 25.2 Å². The zero-order valence-electron chi connectivity index (χ0n) is 11.2. The van der Waals surface area contributed by atoms with Crippen LogP contribution in [0.2, 0.25) is 0 Å². The van der Waals surface area contributed by atoms with Crippen molar-refractivity contribution in [2.24, 2.45) is 0 Å². The summed E-state index contributed by atoms with van der Waals surface area (Å²) >= 11 is 0. The number of piperidine rings is 1. The molecule has 0 spiro atoms. The fourth-order valence-corrected chi connectivity index (χ4v) is 2.54. The van der Waals surface area contributed by atoms with Gasteiger partial charge in [0.15, 0.2) is 5.82 Å². The lowest BCUT2D eigenvalue weighted by Crippen LogP contribution is -2.29. The molecule has 0 unspecified atom stereocenters. The molecule has 4 nitrogen and oxygen atoms in total. The molecule has 0 N–H and O–H groups in total. The van der Waals surface area contributed by atoms with Gasteiger partial charge >= 0.3 is 0 Å². The maximum atomic E-state index is 5.37. The van der Waals surface area contributed by atoms with Gasteiger partial charge in [-0.3, -0.25) is 0 Å². The molecule has 0 aliphatic carbocycles. The van der Waals surface area contributed by atoms with Crippen molar-refractivity contribution < 1.29 is 4.52 Å². The van der Waals surface area contributed by atoms with E-state index in [0.717, 1.165) is 44.1 Å². The normalized spacial score (nSPS) is 17.7. The molecular formula is C15H19N3O. The average molecular weight is 257 g/mol. The van der Waals surface area contributed by atoms with Crippen molar-refractivity contribution in [3.05, 3.63) is 47.6 Å². The SMILES string of the molecule is CN1CCC(c2noc(Cc3ccccc3)n2)CC1. The van der Waals surface area contributed by atoms with E-state index in [1.54, 1.807) is 0 Å². The fourth-order valence-electron chi connectivity index (χ4n) is 2.54. The molecule has 2 aromatic rings. The topological polar surface area (TPSA) is 42.2 Å². The van der Waals surface area contributed by atoms with Crippen molar-refractivity contribution in [1.29, 1.82) is 0 Å². The molecule has 1 fully saturated rings. The summed E-state index contributed by atoms with van der Waals surface area (Å²) in [6.45, 7) is 2.24. The third kappa shape index (κ3) is 3.01. The fraction of sp³-hybridized carbons (Fsp3) is 0.467. The van der Waals surface area contributed by atoms with Crippen LogP contribution in [0.25, 0.3) is 0 Å². The molecule has 0 bridgehead atoms. The second kappa shape index (κ2) is 5.53. The Kier molecular flexibility index (Phi) is 3.60. The summed E-state index contributed by atoms with van der Waals surface area (Å²) in [5, 5.41) is 4.16. The molecule has 1 aliphatic heterocycles. The second-order valence-electron chi connectivity index (χ2n) is 5.29. The summed E-state index contributed by atoms with van der Waals surface area (Å²) in [5.41, 5.74) is 1.21. The van der Waals surface area contributed by atoms with Crippen molar-refractivity contribution >= 4 is 0 Å². The number of aromatic nitrogens is 2. The van der Waals surface area contributed by atoms with E-state index in [4.69, 9.17) is 4.52 Å². The van der Waals surface area contributed by atoms with Crippen molar-refractivity contribution in [1.82, 2.24) is 15.0 Å². The van der Waals surface area contributed by atoms with Gasteiger partial charge in [-0.05, 0) is 38.5 Å². The minimum absolute atomic E-state index is 0.462. The molecule has 0 amide bonds. The molecule has 1 aliphatic rings. The van der Waals surface area contributed by atoms with Gasteiger partial charge in [-0.15, -0.1) is 0 Å². The van der Waals surface area contributed by atoms with Crippen LogP contribution in [0.3, 0.4) is 0 Å². The largest absolute Gasteiger partial charge is 0.339 e. The van der Waals surface area contributed by atoms with E-state index in [2.05, 4.69) is 34.2 Å². The Morgan fingerprint density at radius 3 is 2.68 bits per heavy atom. The van der Waals surface area contributed by atoms with E-state index in [1.165, 1.54) is 5.56 Å². The number of hydrogen-bond donors (Lipinski definition) is 0. The molecule has 3 rings (SSSR count). The highest BCUT2D eigenvalue weighted by Crippen LogP contribution is 2.25. The zero-order chi connectivity index (χ0) is 13.1. The summed E-state index contributed by atoms with van der Waals surface area (Å²) in [4.78, 5) is 6.91. The van der Waals surface area contributed by atoms with Crippen molar-refractivity contribution in [2.75, 3.05) is 20.1 Å². The van der Waals surface area contributed by atoms with Crippen LogP contribution in [0.4, 0.5) is 0 Å². The van der Waals surface area contributed by atoms with Gasteiger partial charge in [0.25, 0.3) is 0 Å². The van der Waals surface area contributed by atoms with E-state index >= 15 is 0 Å². The summed E-state index contributed by atoms with van der Waals surface area (Å²) in [6, 6.07) is 10.2. The number of benzene rings is 1. The van der Waals surface area contributed by atoms with Crippen LogP contribution in [0.5, 0.6) is 0 Å². The van der Waals surface area contributed by atoms with E-state index in [0.29, 0.717) is 5.92 Å². The van der Waals surface area contributed by atoms with Crippen LogP contribution in [0.15, 0.2) is 34.9 Å². The molecule has 0 saturated carbocycles. The Morgan fingerprint density at radius 1 is 1.21 bits per heavy atom. The maximum absolute atomic E-state index is 5.37. The van der Waals surface area contributed by atoms with Gasteiger partial charge in [0.1, 0.15) is 0 Å². The van der Waals surface area contributed by atoms with Crippen LogP contribution in [-0.4, -0.2) is 35.2 Å². The molecular weight excluding hydrogens is 238 g/mol. The van der Waals surface area contributed by atoms with Crippen molar-refractivity contribution in [3.63, 3.8) is 0 Å². The van der Waals surface area contributed by atoms with Gasteiger partial charge in [0, 0.05) is 5.92 Å². The van der Waals surface area contributed by atoms with Crippen LogP contribution < -0.4 is 0 Å². The first-order valence-corrected chi connectivity index (χ1v) is 6.86. The molecule has 1 aromatic carbocycles. The summed E-state index contributed by atoms with van der Waals surface area (Å²) in [6.07, 6.45) is 2.97. The number of likely N-dealkylation sites (tertiary alicyclic amines) is 1. The van der Waals surface area contributed by atoms with E-state index in [-0.39, 0.29) is 0 Å². The number of hydrogen-bond acceptors (Lipinski definition) is 4. The predicted molar refractivity (Wildman–Crippen MR) is 73.0 cm³/mol. The molecule has 100 valence electrons. The molecule has 1 saturated heterocycles. The Hall–Kier alpha value is -1.68. The van der Waals surface area contributed by atoms with Crippen LogP contribution >= 0.6 is 0 Å². The number of rotatable bonds is 3. The lowest BCUT2D eigenvalue weighted by molar-refractivity contribution is 0.248. The molecule has 0 atom stereocenters. The van der Waals surface area contributed by atoms with Crippen LogP contribution in [-0.2, 0) is 6.42 Å². The first-order valence-electron chi connectivity index (χ1n) is 6.86. The van der Waals surface area contributed by atoms with Gasteiger partial charge in [-0.2, -0.15) is 4.98 Å². The van der Waals surface area contributed by atoms with E-state index < -0.39 is 0 Å².